The highest BCUT2D eigenvalue weighted by Crippen LogP contribution is 2.31. The number of rotatable bonds is 4. The van der Waals surface area contributed by atoms with E-state index in [1.165, 1.54) is 12.1 Å². The van der Waals surface area contributed by atoms with E-state index in [1.807, 2.05) is 43.3 Å². The van der Waals surface area contributed by atoms with Gasteiger partial charge < -0.3 is 10.6 Å². The summed E-state index contributed by atoms with van der Waals surface area (Å²) in [5.41, 5.74) is 2.32. The van der Waals surface area contributed by atoms with E-state index in [4.69, 9.17) is 23.2 Å². The van der Waals surface area contributed by atoms with Crippen molar-refractivity contribution in [2.75, 3.05) is 0 Å². The van der Waals surface area contributed by atoms with Gasteiger partial charge in [-0.15, -0.1) is 0 Å². The number of amidine groups is 1. The number of hydrogen-bond donors (Lipinski definition) is 2. The second kappa shape index (κ2) is 9.92. The highest BCUT2D eigenvalue weighted by Gasteiger charge is 2.28. The van der Waals surface area contributed by atoms with Gasteiger partial charge in [-0.1, -0.05) is 77.8 Å². The van der Waals surface area contributed by atoms with Crippen LogP contribution in [0.4, 0.5) is 0 Å². The van der Waals surface area contributed by atoms with Crippen molar-refractivity contribution in [1.29, 1.82) is 5.26 Å². The van der Waals surface area contributed by atoms with Crippen molar-refractivity contribution < 1.29 is 9.59 Å². The Morgan fingerprint density at radius 1 is 0.971 bits per heavy atom. The van der Waals surface area contributed by atoms with Crippen LogP contribution < -0.4 is 10.6 Å². The first-order valence-electron chi connectivity index (χ1n) is 10.3. The fourth-order valence-electron chi connectivity index (χ4n) is 3.57. The van der Waals surface area contributed by atoms with E-state index in [0.29, 0.717) is 16.1 Å². The molecule has 6 nitrogen and oxygen atoms in total. The lowest BCUT2D eigenvalue weighted by Gasteiger charge is -2.14. The number of carbonyl (C=O) groups excluding carboxylic acids is 2. The Morgan fingerprint density at radius 3 is 2.32 bits per heavy atom. The molecule has 1 heterocycles. The minimum absolute atomic E-state index is 0.149. The predicted molar refractivity (Wildman–Crippen MR) is 132 cm³/mol. The monoisotopic (exact) mass is 488 g/mol. The summed E-state index contributed by atoms with van der Waals surface area (Å²) < 4.78 is 0. The van der Waals surface area contributed by atoms with Crippen molar-refractivity contribution in [3.05, 3.63) is 111 Å². The van der Waals surface area contributed by atoms with Crippen LogP contribution in [0, 0.1) is 11.3 Å². The molecule has 3 aromatic rings. The van der Waals surface area contributed by atoms with Crippen LogP contribution in [0.3, 0.4) is 0 Å². The van der Waals surface area contributed by atoms with Crippen LogP contribution in [0.1, 0.15) is 40.0 Å². The molecule has 0 saturated carbocycles. The Balaban J connectivity index is 1.67. The van der Waals surface area contributed by atoms with Gasteiger partial charge >= 0.3 is 0 Å². The first-order valence-corrected chi connectivity index (χ1v) is 11.1. The number of aliphatic imine (C=N–C) groups is 1. The first kappa shape index (κ1) is 23.2. The molecule has 3 aromatic carbocycles. The molecule has 0 unspecified atom stereocenters. The molecule has 0 saturated heterocycles. The van der Waals surface area contributed by atoms with Crippen molar-refractivity contribution in [1.82, 2.24) is 10.6 Å². The summed E-state index contributed by atoms with van der Waals surface area (Å²) in [6, 6.07) is 22.7. The zero-order chi connectivity index (χ0) is 24.2. The molecule has 0 aromatic heterocycles. The normalized spacial score (nSPS) is 14.4. The third-order valence-electron chi connectivity index (χ3n) is 5.29. The standard InChI is InChI=1S/C26H18Cl2N4O2/c1-15(16-7-3-2-4-8-16)30-26(34)21(14-29)23-18-9-5-6-10-19(18)24(31-23)32-25(33)20-12-11-17(27)13-22(20)28/h2-13,15H,1H3,(H,30,34)(H,31,32,33)/b23-21-/t15-/m1/s1. The lowest BCUT2D eigenvalue weighted by molar-refractivity contribution is -0.117. The largest absolute Gasteiger partial charge is 0.345 e. The number of halogens is 2. The zero-order valence-corrected chi connectivity index (χ0v) is 19.5. The van der Waals surface area contributed by atoms with Crippen LogP contribution in [0.25, 0.3) is 5.70 Å². The van der Waals surface area contributed by atoms with E-state index >= 15 is 0 Å². The van der Waals surface area contributed by atoms with E-state index in [9.17, 15) is 14.9 Å². The second-order valence-corrected chi connectivity index (χ2v) is 8.37. The van der Waals surface area contributed by atoms with Crippen molar-refractivity contribution in [3.63, 3.8) is 0 Å². The topological polar surface area (TPSA) is 94.3 Å². The molecule has 2 N–H and O–H groups in total. The maximum absolute atomic E-state index is 13.0. The van der Waals surface area contributed by atoms with Gasteiger partial charge in [0.2, 0.25) is 0 Å². The Morgan fingerprint density at radius 2 is 1.65 bits per heavy atom. The number of carbonyl (C=O) groups is 2. The highest BCUT2D eigenvalue weighted by atomic mass is 35.5. The van der Waals surface area contributed by atoms with Gasteiger partial charge in [-0.25, -0.2) is 4.99 Å². The number of fused-ring (bicyclic) bond motifs is 1. The van der Waals surface area contributed by atoms with Crippen LogP contribution in [0.15, 0.2) is 83.4 Å². The van der Waals surface area contributed by atoms with E-state index in [2.05, 4.69) is 15.6 Å². The smallest absolute Gasteiger partial charge is 0.264 e. The van der Waals surface area contributed by atoms with Gasteiger partial charge in [-0.3, -0.25) is 9.59 Å². The van der Waals surface area contributed by atoms with E-state index < -0.39 is 11.8 Å². The van der Waals surface area contributed by atoms with Gasteiger partial charge in [-0.2, -0.15) is 5.26 Å². The summed E-state index contributed by atoms with van der Waals surface area (Å²) in [6.45, 7) is 1.83. The van der Waals surface area contributed by atoms with E-state index in [1.54, 1.807) is 30.3 Å². The molecular weight excluding hydrogens is 471 g/mol. The molecule has 2 amide bonds. The van der Waals surface area contributed by atoms with Gasteiger partial charge in [0, 0.05) is 16.1 Å². The van der Waals surface area contributed by atoms with Crippen molar-refractivity contribution in [2.24, 2.45) is 4.99 Å². The number of nitrogens with zero attached hydrogens (tertiary/aromatic N) is 2. The molecule has 0 bridgehead atoms. The van der Waals surface area contributed by atoms with Crippen LogP contribution in [-0.4, -0.2) is 17.6 Å². The Hall–Kier alpha value is -3.92. The minimum Gasteiger partial charge on any atom is -0.345 e. The predicted octanol–water partition coefficient (Wildman–Crippen LogP) is 5.30. The van der Waals surface area contributed by atoms with Crippen molar-refractivity contribution in [3.8, 4) is 6.07 Å². The molecule has 4 rings (SSSR count). The van der Waals surface area contributed by atoms with Gasteiger partial charge in [0.25, 0.3) is 11.8 Å². The van der Waals surface area contributed by atoms with Gasteiger partial charge in [0.1, 0.15) is 17.5 Å². The molecule has 0 spiro atoms. The SMILES string of the molecule is C[C@@H](NC(=O)/C(C#N)=C1\N=C(NC(=O)c2ccc(Cl)cc2Cl)c2ccccc21)c1ccccc1. The van der Waals surface area contributed by atoms with Gasteiger partial charge in [0.15, 0.2) is 0 Å². The lowest BCUT2D eigenvalue weighted by Crippen LogP contribution is -2.30. The summed E-state index contributed by atoms with van der Waals surface area (Å²) in [5, 5.41) is 16.0. The van der Waals surface area contributed by atoms with Crippen molar-refractivity contribution >= 4 is 46.5 Å². The number of nitriles is 1. The third-order valence-corrected chi connectivity index (χ3v) is 5.84. The molecule has 1 aliphatic heterocycles. The average molecular weight is 489 g/mol. The number of benzene rings is 3. The molecule has 0 aliphatic carbocycles. The van der Waals surface area contributed by atoms with Crippen molar-refractivity contribution in [2.45, 2.75) is 13.0 Å². The molecule has 0 fully saturated rings. The first-order chi connectivity index (χ1) is 16.4. The van der Waals surface area contributed by atoms with Crippen LogP contribution >= 0.6 is 23.2 Å². The third kappa shape index (κ3) is 4.72. The molecule has 1 aliphatic rings. The summed E-state index contributed by atoms with van der Waals surface area (Å²) >= 11 is 12.1. The Bertz CT molecular complexity index is 1390. The van der Waals surface area contributed by atoms with Gasteiger partial charge in [-0.05, 0) is 30.7 Å². The number of amides is 2. The second-order valence-electron chi connectivity index (χ2n) is 7.53. The quantitative estimate of drug-likeness (QED) is 0.385. The molecular formula is C26H18Cl2N4O2. The number of hydrogen-bond acceptors (Lipinski definition) is 4. The zero-order valence-electron chi connectivity index (χ0n) is 18.0. The molecule has 0 radical (unpaired) electrons. The summed E-state index contributed by atoms with van der Waals surface area (Å²) in [7, 11) is 0. The maximum atomic E-state index is 13.0. The van der Waals surface area contributed by atoms with Crippen LogP contribution in [0.5, 0.6) is 0 Å². The fraction of sp³-hybridized carbons (Fsp3) is 0.0769. The van der Waals surface area contributed by atoms with Crippen LogP contribution in [-0.2, 0) is 4.79 Å². The molecule has 8 heteroatoms. The summed E-state index contributed by atoms with van der Waals surface area (Å²) in [5.74, 6) is -0.823. The Kier molecular flexibility index (Phi) is 6.78. The van der Waals surface area contributed by atoms with E-state index in [0.717, 1.165) is 5.56 Å². The summed E-state index contributed by atoms with van der Waals surface area (Å²) in [6.07, 6.45) is 0. The van der Waals surface area contributed by atoms with E-state index in [-0.39, 0.29) is 33.7 Å². The molecule has 168 valence electrons. The fourth-order valence-corrected chi connectivity index (χ4v) is 4.06. The van der Waals surface area contributed by atoms with Crippen LogP contribution in [0.2, 0.25) is 10.0 Å². The maximum Gasteiger partial charge on any atom is 0.264 e. The van der Waals surface area contributed by atoms with Gasteiger partial charge in [0.05, 0.1) is 22.3 Å². The minimum atomic E-state index is -0.555. The molecule has 34 heavy (non-hydrogen) atoms. The number of nitrogens with one attached hydrogen (secondary N) is 2. The Labute approximate surface area is 206 Å². The summed E-state index contributed by atoms with van der Waals surface area (Å²) in [4.78, 5) is 30.3. The lowest BCUT2D eigenvalue weighted by atomic mass is 10.0. The highest BCUT2D eigenvalue weighted by molar-refractivity contribution is 6.37. The molecule has 1 atom stereocenters. The average Bonchev–Trinajstić information content (AvgIpc) is 3.18.